The topological polar surface area (TPSA) is 73.7 Å². The molecular formula is C23H21ClF3N3O3S. The first kappa shape index (κ1) is 25.7. The van der Waals surface area contributed by atoms with Gasteiger partial charge in [0.05, 0.1) is 23.5 Å². The van der Waals surface area contributed by atoms with Crippen molar-refractivity contribution in [2.75, 3.05) is 25.0 Å². The van der Waals surface area contributed by atoms with E-state index in [-0.39, 0.29) is 23.8 Å². The van der Waals surface area contributed by atoms with Crippen molar-refractivity contribution >= 4 is 45.6 Å². The van der Waals surface area contributed by atoms with Crippen LogP contribution in [-0.4, -0.2) is 47.0 Å². The maximum absolute atomic E-state index is 13.3. The highest BCUT2D eigenvalue weighted by atomic mass is 35.5. The number of carboxylic acids is 1. The summed E-state index contributed by atoms with van der Waals surface area (Å²) >= 11 is 7.17. The first-order chi connectivity index (χ1) is 16.0. The lowest BCUT2D eigenvalue weighted by Crippen LogP contribution is -2.29. The van der Waals surface area contributed by atoms with Crippen molar-refractivity contribution in [1.29, 1.82) is 0 Å². The SMILES string of the molecule is CN(CCCC(=O)N(c1cccc(C(F)(F)F)c1)c1nc(-c2cccc(Cl)c2)cs1)CC(=O)O. The van der Waals surface area contributed by atoms with Crippen molar-refractivity contribution in [2.45, 2.75) is 19.0 Å². The number of amides is 1. The van der Waals surface area contributed by atoms with Gasteiger partial charge in [-0.25, -0.2) is 4.98 Å². The molecule has 1 heterocycles. The Balaban J connectivity index is 1.90. The molecule has 11 heteroatoms. The minimum absolute atomic E-state index is 0.00766. The number of carbonyl (C=O) groups excluding carboxylic acids is 1. The number of hydrogen-bond acceptors (Lipinski definition) is 5. The van der Waals surface area contributed by atoms with Crippen molar-refractivity contribution < 1.29 is 27.9 Å². The fraction of sp³-hybridized carbons (Fsp3) is 0.261. The first-order valence-electron chi connectivity index (χ1n) is 10.2. The third-order valence-electron chi connectivity index (χ3n) is 4.82. The summed E-state index contributed by atoms with van der Waals surface area (Å²) < 4.78 is 39.9. The third kappa shape index (κ3) is 6.78. The summed E-state index contributed by atoms with van der Waals surface area (Å²) in [4.78, 5) is 31.2. The van der Waals surface area contributed by atoms with Gasteiger partial charge in [0, 0.05) is 22.4 Å². The van der Waals surface area contributed by atoms with Crippen molar-refractivity contribution in [3.63, 3.8) is 0 Å². The molecule has 0 atom stereocenters. The highest BCUT2D eigenvalue weighted by Gasteiger charge is 2.32. The lowest BCUT2D eigenvalue weighted by atomic mass is 10.1. The average molecular weight is 512 g/mol. The van der Waals surface area contributed by atoms with E-state index in [0.717, 1.165) is 23.5 Å². The van der Waals surface area contributed by atoms with Gasteiger partial charge in [0.1, 0.15) is 0 Å². The quantitative estimate of drug-likeness (QED) is 0.384. The summed E-state index contributed by atoms with van der Waals surface area (Å²) in [5.74, 6) is -1.44. The number of hydrogen-bond donors (Lipinski definition) is 1. The van der Waals surface area contributed by atoms with E-state index < -0.39 is 23.6 Å². The zero-order valence-corrected chi connectivity index (χ0v) is 19.6. The number of aliphatic carboxylic acids is 1. The zero-order chi connectivity index (χ0) is 24.9. The van der Waals surface area contributed by atoms with Crippen molar-refractivity contribution in [1.82, 2.24) is 9.88 Å². The summed E-state index contributed by atoms with van der Waals surface area (Å²) in [6.45, 7) is 0.154. The van der Waals surface area contributed by atoms with Crippen molar-refractivity contribution in [3.8, 4) is 11.3 Å². The number of thiazole rings is 1. The Hall–Kier alpha value is -2.95. The van der Waals surface area contributed by atoms with Gasteiger partial charge in [-0.05, 0) is 50.3 Å². The van der Waals surface area contributed by atoms with Crippen LogP contribution in [0.1, 0.15) is 18.4 Å². The van der Waals surface area contributed by atoms with Crippen LogP contribution in [0, 0.1) is 0 Å². The predicted molar refractivity (Wildman–Crippen MR) is 126 cm³/mol. The molecule has 6 nitrogen and oxygen atoms in total. The second-order valence-electron chi connectivity index (χ2n) is 7.54. The summed E-state index contributed by atoms with van der Waals surface area (Å²) in [5, 5.41) is 11.3. The van der Waals surface area contributed by atoms with E-state index in [9.17, 15) is 22.8 Å². The largest absolute Gasteiger partial charge is 0.480 e. The number of alkyl halides is 3. The third-order valence-corrected chi connectivity index (χ3v) is 5.88. The number of likely N-dealkylation sites (N-methyl/N-ethyl adjacent to an activating group) is 1. The Labute approximate surface area is 203 Å². The lowest BCUT2D eigenvalue weighted by molar-refractivity contribution is -0.138. The first-order valence-corrected chi connectivity index (χ1v) is 11.4. The number of halogens is 4. The molecule has 0 saturated heterocycles. The molecule has 0 spiro atoms. The number of carboxylic acid groups (broad SMARTS) is 1. The summed E-state index contributed by atoms with van der Waals surface area (Å²) in [6, 6.07) is 11.5. The molecule has 0 radical (unpaired) electrons. The molecule has 0 aliphatic rings. The van der Waals surface area contributed by atoms with Crippen molar-refractivity contribution in [3.05, 3.63) is 64.5 Å². The Morgan fingerprint density at radius 2 is 1.88 bits per heavy atom. The van der Waals surface area contributed by atoms with Gasteiger partial charge in [0.25, 0.3) is 0 Å². The van der Waals surface area contributed by atoms with Crippen LogP contribution in [0.15, 0.2) is 53.9 Å². The van der Waals surface area contributed by atoms with Crippen LogP contribution in [0.3, 0.4) is 0 Å². The average Bonchev–Trinajstić information content (AvgIpc) is 3.23. The highest BCUT2D eigenvalue weighted by molar-refractivity contribution is 7.14. The normalized spacial score (nSPS) is 11.6. The van der Waals surface area contributed by atoms with Crippen LogP contribution in [0.4, 0.5) is 24.0 Å². The van der Waals surface area contributed by atoms with Gasteiger partial charge in [0.15, 0.2) is 5.13 Å². The van der Waals surface area contributed by atoms with Crippen LogP contribution < -0.4 is 4.90 Å². The van der Waals surface area contributed by atoms with Crippen LogP contribution >= 0.6 is 22.9 Å². The van der Waals surface area contributed by atoms with E-state index in [1.807, 2.05) is 0 Å². The predicted octanol–water partition coefficient (Wildman–Crippen LogP) is 5.94. The van der Waals surface area contributed by atoms with Gasteiger partial charge in [-0.2, -0.15) is 13.2 Å². The number of nitrogens with zero attached hydrogens (tertiary/aromatic N) is 3. The molecule has 1 N–H and O–H groups in total. The van der Waals surface area contributed by atoms with Gasteiger partial charge >= 0.3 is 12.1 Å². The van der Waals surface area contributed by atoms with Gasteiger partial charge in [-0.3, -0.25) is 19.4 Å². The Morgan fingerprint density at radius 1 is 1.15 bits per heavy atom. The number of aromatic nitrogens is 1. The maximum atomic E-state index is 13.3. The van der Waals surface area contributed by atoms with Crippen LogP contribution in [0.2, 0.25) is 5.02 Å². The molecular weight excluding hydrogens is 491 g/mol. The highest BCUT2D eigenvalue weighted by Crippen LogP contribution is 2.37. The number of rotatable bonds is 9. The molecule has 3 aromatic rings. The Bertz CT molecular complexity index is 1170. The van der Waals surface area contributed by atoms with Gasteiger partial charge in [-0.15, -0.1) is 11.3 Å². The standard InChI is InChI=1S/C23H21ClF3N3O3S/c1-29(13-21(32)33)10-4-9-20(31)30(18-8-3-6-16(12-18)23(25,26)27)22-28-19(14-34-22)15-5-2-7-17(24)11-15/h2-3,5-8,11-12,14H,4,9-10,13H2,1H3,(H,32,33). The second kappa shape index (κ2) is 11.0. The molecule has 0 saturated carbocycles. The molecule has 34 heavy (non-hydrogen) atoms. The maximum Gasteiger partial charge on any atom is 0.416 e. The number of anilines is 2. The molecule has 180 valence electrons. The molecule has 1 aromatic heterocycles. The Kier molecular flexibility index (Phi) is 8.29. The second-order valence-corrected chi connectivity index (χ2v) is 8.81. The van der Waals surface area contributed by atoms with E-state index in [1.165, 1.54) is 17.0 Å². The summed E-state index contributed by atoms with van der Waals surface area (Å²) in [7, 11) is 1.61. The monoisotopic (exact) mass is 511 g/mol. The van der Waals surface area contributed by atoms with Gasteiger partial charge in [0.2, 0.25) is 5.91 Å². The van der Waals surface area contributed by atoms with E-state index in [4.69, 9.17) is 16.7 Å². The molecule has 1 amide bonds. The summed E-state index contributed by atoms with van der Waals surface area (Å²) in [6.07, 6.45) is -4.25. The fourth-order valence-corrected chi connectivity index (χ4v) is 4.31. The molecule has 0 aliphatic carbocycles. The molecule has 0 fully saturated rings. The minimum atomic E-state index is -4.57. The smallest absolute Gasteiger partial charge is 0.416 e. The van der Waals surface area contributed by atoms with Crippen LogP contribution in [-0.2, 0) is 15.8 Å². The lowest BCUT2D eigenvalue weighted by Gasteiger charge is -2.22. The zero-order valence-electron chi connectivity index (χ0n) is 18.1. The van der Waals surface area contributed by atoms with E-state index in [2.05, 4.69) is 4.98 Å². The number of carbonyl (C=O) groups is 2. The fourth-order valence-electron chi connectivity index (χ4n) is 3.25. The Morgan fingerprint density at radius 3 is 2.56 bits per heavy atom. The molecule has 3 rings (SSSR count). The van der Waals surface area contributed by atoms with Gasteiger partial charge < -0.3 is 5.11 Å². The van der Waals surface area contributed by atoms with Crippen LogP contribution in [0.5, 0.6) is 0 Å². The molecule has 0 unspecified atom stereocenters. The molecule has 2 aromatic carbocycles. The minimum Gasteiger partial charge on any atom is -0.480 e. The van der Waals surface area contributed by atoms with E-state index >= 15 is 0 Å². The van der Waals surface area contributed by atoms with Gasteiger partial charge in [-0.1, -0.05) is 29.8 Å². The molecule has 0 bridgehead atoms. The molecule has 0 aliphatic heterocycles. The van der Waals surface area contributed by atoms with E-state index in [0.29, 0.717) is 29.2 Å². The van der Waals surface area contributed by atoms with E-state index in [1.54, 1.807) is 41.6 Å². The summed E-state index contributed by atoms with van der Waals surface area (Å²) in [5.41, 5.74) is 0.413. The van der Waals surface area contributed by atoms with Crippen LogP contribution in [0.25, 0.3) is 11.3 Å². The number of benzene rings is 2. The van der Waals surface area contributed by atoms with Crippen molar-refractivity contribution in [2.24, 2.45) is 0 Å².